The Kier molecular flexibility index (Phi) is 4.84. The summed E-state index contributed by atoms with van der Waals surface area (Å²) in [4.78, 5) is 14.5. The first kappa shape index (κ1) is 14.6. The second kappa shape index (κ2) is 5.96. The zero-order valence-electron chi connectivity index (χ0n) is 9.40. The number of nitrogens with zero attached hydrogens (tertiary/aromatic N) is 1. The fourth-order valence-electron chi connectivity index (χ4n) is 1.01. The number of carbonyl (C=O) groups is 1. The minimum absolute atomic E-state index is 0.0559. The first-order chi connectivity index (χ1) is 8.40. The standard InChI is InChI=1S/C8H12ClN5O3S/c1-11-7(15)4-13-18(16,17)5-2-6(9)8(14-10)12-3-5/h2-3,13H,4,10H2,1H3,(H,11,15)(H,12,14). The van der Waals surface area contributed by atoms with Gasteiger partial charge in [-0.05, 0) is 6.07 Å². The minimum Gasteiger partial charge on any atom is -0.358 e. The third-order valence-electron chi connectivity index (χ3n) is 1.96. The number of rotatable bonds is 5. The molecule has 0 saturated carbocycles. The molecule has 8 nitrogen and oxygen atoms in total. The number of nitrogen functional groups attached to an aromatic ring is 1. The van der Waals surface area contributed by atoms with Gasteiger partial charge in [-0.25, -0.2) is 24.0 Å². The zero-order chi connectivity index (χ0) is 13.8. The number of anilines is 1. The van der Waals surface area contributed by atoms with Crippen molar-refractivity contribution >= 4 is 33.3 Å². The molecule has 18 heavy (non-hydrogen) atoms. The second-order valence-electron chi connectivity index (χ2n) is 3.14. The molecule has 100 valence electrons. The first-order valence-electron chi connectivity index (χ1n) is 4.73. The number of carbonyl (C=O) groups excluding carboxylic acids is 1. The highest BCUT2D eigenvalue weighted by Crippen LogP contribution is 2.21. The molecule has 1 amide bonds. The van der Waals surface area contributed by atoms with Crippen LogP contribution < -0.4 is 21.3 Å². The lowest BCUT2D eigenvalue weighted by atomic mass is 10.5. The molecule has 0 aliphatic heterocycles. The van der Waals surface area contributed by atoms with E-state index in [1.807, 2.05) is 0 Å². The number of hydrazine groups is 1. The number of pyridine rings is 1. The van der Waals surface area contributed by atoms with Crippen LogP contribution in [-0.4, -0.2) is 32.9 Å². The number of likely N-dealkylation sites (N-methyl/N-ethyl adjacent to an activating group) is 1. The number of sulfonamides is 1. The SMILES string of the molecule is CNC(=O)CNS(=O)(=O)c1cnc(NN)c(Cl)c1. The van der Waals surface area contributed by atoms with E-state index < -0.39 is 15.9 Å². The third kappa shape index (κ3) is 3.53. The molecule has 0 aliphatic carbocycles. The van der Waals surface area contributed by atoms with Gasteiger partial charge in [0.2, 0.25) is 15.9 Å². The molecule has 1 aromatic heterocycles. The summed E-state index contributed by atoms with van der Waals surface area (Å²) in [5, 5.41) is 2.34. The lowest BCUT2D eigenvalue weighted by molar-refractivity contribution is -0.119. The Morgan fingerprint density at radius 1 is 1.56 bits per heavy atom. The van der Waals surface area contributed by atoms with Crippen molar-refractivity contribution < 1.29 is 13.2 Å². The largest absolute Gasteiger partial charge is 0.358 e. The average molecular weight is 294 g/mol. The molecule has 0 bridgehead atoms. The highest BCUT2D eigenvalue weighted by Gasteiger charge is 2.17. The lowest BCUT2D eigenvalue weighted by Gasteiger charge is -2.07. The van der Waals surface area contributed by atoms with Crippen LogP contribution in [0.4, 0.5) is 5.82 Å². The summed E-state index contributed by atoms with van der Waals surface area (Å²) in [6.07, 6.45) is 1.08. The molecule has 0 aliphatic rings. The first-order valence-corrected chi connectivity index (χ1v) is 6.59. The van der Waals surface area contributed by atoms with Crippen LogP contribution in [0.5, 0.6) is 0 Å². The van der Waals surface area contributed by atoms with Crippen molar-refractivity contribution in [3.63, 3.8) is 0 Å². The fourth-order valence-corrected chi connectivity index (χ4v) is 2.24. The maximum Gasteiger partial charge on any atom is 0.242 e. The van der Waals surface area contributed by atoms with Crippen LogP contribution in [0.25, 0.3) is 0 Å². The van der Waals surface area contributed by atoms with Crippen molar-refractivity contribution in [2.45, 2.75) is 4.90 Å². The zero-order valence-corrected chi connectivity index (χ0v) is 11.0. The number of halogens is 1. The summed E-state index contributed by atoms with van der Waals surface area (Å²) >= 11 is 5.75. The van der Waals surface area contributed by atoms with Crippen molar-refractivity contribution in [1.82, 2.24) is 15.0 Å². The molecule has 1 rings (SSSR count). The normalized spacial score (nSPS) is 11.1. The van der Waals surface area contributed by atoms with Gasteiger partial charge in [0, 0.05) is 13.2 Å². The average Bonchev–Trinajstić information content (AvgIpc) is 2.35. The maximum absolute atomic E-state index is 11.8. The van der Waals surface area contributed by atoms with Gasteiger partial charge in [-0.15, -0.1) is 0 Å². The van der Waals surface area contributed by atoms with Crippen LogP contribution in [0.2, 0.25) is 5.02 Å². The summed E-state index contributed by atoms with van der Waals surface area (Å²) in [6.45, 7) is -0.368. The Bertz CT molecular complexity index is 548. The Labute approximate surface area is 109 Å². The Morgan fingerprint density at radius 3 is 2.72 bits per heavy atom. The van der Waals surface area contributed by atoms with Gasteiger partial charge in [0.05, 0.1) is 11.6 Å². The van der Waals surface area contributed by atoms with Gasteiger partial charge in [0.15, 0.2) is 5.82 Å². The number of amides is 1. The van der Waals surface area contributed by atoms with Crippen molar-refractivity contribution in [1.29, 1.82) is 0 Å². The van der Waals surface area contributed by atoms with E-state index in [-0.39, 0.29) is 22.3 Å². The summed E-state index contributed by atoms with van der Waals surface area (Å²) in [5.74, 6) is 4.81. The predicted octanol–water partition coefficient (Wildman–Crippen LogP) is -0.955. The molecular formula is C8H12ClN5O3S. The van der Waals surface area contributed by atoms with Gasteiger partial charge in [-0.1, -0.05) is 11.6 Å². The van der Waals surface area contributed by atoms with E-state index in [1.54, 1.807) is 0 Å². The topological polar surface area (TPSA) is 126 Å². The molecule has 0 aromatic carbocycles. The van der Waals surface area contributed by atoms with E-state index in [4.69, 9.17) is 17.4 Å². The van der Waals surface area contributed by atoms with E-state index >= 15 is 0 Å². The van der Waals surface area contributed by atoms with Crippen LogP contribution in [-0.2, 0) is 14.8 Å². The number of hydrogen-bond donors (Lipinski definition) is 4. The fraction of sp³-hybridized carbons (Fsp3) is 0.250. The highest BCUT2D eigenvalue weighted by molar-refractivity contribution is 7.89. The van der Waals surface area contributed by atoms with Crippen molar-refractivity contribution in [3.05, 3.63) is 17.3 Å². The Balaban J connectivity index is 2.92. The lowest BCUT2D eigenvalue weighted by Crippen LogP contribution is -2.35. The van der Waals surface area contributed by atoms with Crippen LogP contribution in [0.3, 0.4) is 0 Å². The molecule has 0 radical (unpaired) electrons. The summed E-state index contributed by atoms with van der Waals surface area (Å²) < 4.78 is 25.6. The highest BCUT2D eigenvalue weighted by atomic mass is 35.5. The van der Waals surface area contributed by atoms with Crippen LogP contribution in [0.15, 0.2) is 17.2 Å². The van der Waals surface area contributed by atoms with Gasteiger partial charge in [-0.2, -0.15) is 0 Å². The van der Waals surface area contributed by atoms with Gasteiger partial charge in [0.25, 0.3) is 0 Å². The molecule has 1 aromatic rings. The van der Waals surface area contributed by atoms with E-state index in [9.17, 15) is 13.2 Å². The van der Waals surface area contributed by atoms with E-state index in [0.29, 0.717) is 0 Å². The number of nitrogens with two attached hydrogens (primary N) is 1. The van der Waals surface area contributed by atoms with Crippen LogP contribution >= 0.6 is 11.6 Å². The monoisotopic (exact) mass is 293 g/mol. The van der Waals surface area contributed by atoms with Crippen molar-refractivity contribution in [2.24, 2.45) is 5.84 Å². The summed E-state index contributed by atoms with van der Waals surface area (Å²) in [6, 6.07) is 1.18. The summed E-state index contributed by atoms with van der Waals surface area (Å²) in [7, 11) is -2.44. The molecule has 0 saturated heterocycles. The number of hydrogen-bond acceptors (Lipinski definition) is 6. The second-order valence-corrected chi connectivity index (χ2v) is 5.32. The smallest absolute Gasteiger partial charge is 0.242 e. The molecule has 0 spiro atoms. The molecule has 0 unspecified atom stereocenters. The third-order valence-corrected chi connectivity index (χ3v) is 3.62. The van der Waals surface area contributed by atoms with Crippen LogP contribution in [0.1, 0.15) is 0 Å². The Hall–Kier alpha value is -1.42. The predicted molar refractivity (Wildman–Crippen MR) is 66.3 cm³/mol. The van der Waals surface area contributed by atoms with E-state index in [1.165, 1.54) is 13.1 Å². The maximum atomic E-state index is 11.8. The Morgan fingerprint density at radius 2 is 2.22 bits per heavy atom. The van der Waals surface area contributed by atoms with Gasteiger partial charge >= 0.3 is 0 Å². The molecule has 1 heterocycles. The van der Waals surface area contributed by atoms with Gasteiger partial charge in [0.1, 0.15) is 4.90 Å². The quantitative estimate of drug-likeness (QED) is 0.409. The van der Waals surface area contributed by atoms with Crippen molar-refractivity contribution in [3.8, 4) is 0 Å². The molecular weight excluding hydrogens is 282 g/mol. The summed E-state index contributed by atoms with van der Waals surface area (Å²) in [5.41, 5.74) is 2.21. The van der Waals surface area contributed by atoms with Gasteiger partial charge < -0.3 is 10.7 Å². The minimum atomic E-state index is -3.84. The van der Waals surface area contributed by atoms with Crippen LogP contribution in [0, 0.1) is 0 Å². The molecule has 0 atom stereocenters. The van der Waals surface area contributed by atoms with Gasteiger partial charge in [-0.3, -0.25) is 4.79 Å². The number of nitrogens with one attached hydrogen (secondary N) is 3. The molecule has 0 fully saturated rings. The van der Waals surface area contributed by atoms with Crippen molar-refractivity contribution in [2.75, 3.05) is 19.0 Å². The van der Waals surface area contributed by atoms with E-state index in [2.05, 4.69) is 20.4 Å². The molecule has 5 N–H and O–H groups in total. The number of aromatic nitrogens is 1. The molecule has 10 heteroatoms. The van der Waals surface area contributed by atoms with E-state index in [0.717, 1.165) is 6.20 Å².